The number of aliphatic hydroxyl groups excluding tert-OH is 3. The van der Waals surface area contributed by atoms with Gasteiger partial charge in [-0.1, -0.05) is 0 Å². The Morgan fingerprint density at radius 1 is 1.15 bits per heavy atom. The highest BCUT2D eigenvalue weighted by molar-refractivity contribution is 5.73. The fourth-order valence-corrected chi connectivity index (χ4v) is 1.26. The highest BCUT2D eigenvalue weighted by atomic mass is 16.6. The van der Waals surface area contributed by atoms with Crippen LogP contribution >= 0.6 is 0 Å². The first kappa shape index (κ1) is 10.4. The Labute approximate surface area is 74.4 Å². The molecule has 6 heteroatoms. The smallest absolute Gasteiger partial charge is 0.335 e. The van der Waals surface area contributed by atoms with Crippen LogP contribution in [0.5, 0.6) is 0 Å². The number of aliphatic hydroxyl groups is 3. The average molecular weight is 192 g/mol. The molecule has 13 heavy (non-hydrogen) atoms. The van der Waals surface area contributed by atoms with Crippen molar-refractivity contribution in [1.29, 1.82) is 0 Å². The molecular formula is C7H12O6. The lowest BCUT2D eigenvalue weighted by Gasteiger charge is -2.37. The van der Waals surface area contributed by atoms with Gasteiger partial charge < -0.3 is 25.2 Å². The minimum Gasteiger partial charge on any atom is -0.479 e. The maximum Gasteiger partial charge on any atom is 0.335 e. The second-order valence-electron chi connectivity index (χ2n) is 3.07. The Kier molecular flexibility index (Phi) is 2.87. The second kappa shape index (κ2) is 3.59. The molecule has 1 aliphatic rings. The van der Waals surface area contributed by atoms with Gasteiger partial charge in [0.2, 0.25) is 0 Å². The van der Waals surface area contributed by atoms with E-state index in [9.17, 15) is 20.1 Å². The zero-order valence-corrected chi connectivity index (χ0v) is 6.99. The number of carboxylic acid groups (broad SMARTS) is 1. The maximum absolute atomic E-state index is 10.5. The molecule has 6 nitrogen and oxygen atoms in total. The molecule has 1 heterocycles. The van der Waals surface area contributed by atoms with Gasteiger partial charge in [-0.05, 0) is 6.92 Å². The number of hydrogen-bond donors (Lipinski definition) is 4. The summed E-state index contributed by atoms with van der Waals surface area (Å²) < 4.78 is 4.78. The second-order valence-corrected chi connectivity index (χ2v) is 3.07. The molecule has 1 saturated heterocycles. The van der Waals surface area contributed by atoms with Crippen LogP contribution in [-0.4, -0.2) is 56.9 Å². The third-order valence-electron chi connectivity index (χ3n) is 2.10. The van der Waals surface area contributed by atoms with Crippen LogP contribution in [-0.2, 0) is 9.53 Å². The Balaban J connectivity index is 2.76. The van der Waals surface area contributed by atoms with Gasteiger partial charge in [-0.2, -0.15) is 0 Å². The summed E-state index contributed by atoms with van der Waals surface area (Å²) in [6.45, 7) is 1.43. The minimum absolute atomic E-state index is 0.806. The summed E-state index contributed by atoms with van der Waals surface area (Å²) in [6.07, 6.45) is -6.62. The quantitative estimate of drug-likeness (QED) is 0.380. The normalized spacial score (nSPS) is 46.0. The fourth-order valence-electron chi connectivity index (χ4n) is 1.26. The van der Waals surface area contributed by atoms with Crippen molar-refractivity contribution in [2.75, 3.05) is 0 Å². The minimum atomic E-state index is -1.59. The summed E-state index contributed by atoms with van der Waals surface area (Å²) in [7, 11) is 0. The van der Waals surface area contributed by atoms with Gasteiger partial charge in [0.25, 0.3) is 0 Å². The van der Waals surface area contributed by atoms with Gasteiger partial charge in [-0.3, -0.25) is 0 Å². The van der Waals surface area contributed by atoms with Gasteiger partial charge >= 0.3 is 5.97 Å². The lowest BCUT2D eigenvalue weighted by molar-refractivity contribution is -0.223. The zero-order valence-electron chi connectivity index (χ0n) is 6.99. The first-order valence-corrected chi connectivity index (χ1v) is 3.87. The highest BCUT2D eigenvalue weighted by Crippen LogP contribution is 2.20. The molecule has 5 atom stereocenters. The SMILES string of the molecule is CC1OC(C(=O)O)C(O)C(O)[C@H]1O. The predicted molar refractivity (Wildman–Crippen MR) is 40.0 cm³/mol. The van der Waals surface area contributed by atoms with Gasteiger partial charge in [-0.15, -0.1) is 0 Å². The van der Waals surface area contributed by atoms with Crippen molar-refractivity contribution in [2.24, 2.45) is 0 Å². The summed E-state index contributed by atoms with van der Waals surface area (Å²) >= 11 is 0. The molecule has 0 aromatic rings. The summed E-state index contributed by atoms with van der Waals surface area (Å²) in [6, 6.07) is 0. The molecule has 4 unspecified atom stereocenters. The lowest BCUT2D eigenvalue weighted by atomic mass is 9.96. The van der Waals surface area contributed by atoms with E-state index in [-0.39, 0.29) is 0 Å². The van der Waals surface area contributed by atoms with Crippen molar-refractivity contribution in [3.63, 3.8) is 0 Å². The monoisotopic (exact) mass is 192 g/mol. The molecule has 0 aromatic heterocycles. The number of hydrogen-bond acceptors (Lipinski definition) is 5. The van der Waals surface area contributed by atoms with E-state index in [1.807, 2.05) is 0 Å². The summed E-state index contributed by atoms with van der Waals surface area (Å²) in [4.78, 5) is 10.5. The molecule has 1 rings (SSSR count). The molecular weight excluding hydrogens is 180 g/mol. The highest BCUT2D eigenvalue weighted by Gasteiger charge is 2.44. The van der Waals surface area contributed by atoms with Crippen LogP contribution < -0.4 is 0 Å². The molecule has 0 amide bonds. The standard InChI is InChI=1S/C7H12O6/c1-2-3(8)4(9)5(10)6(13-2)7(11)12/h2-6,8-10H,1H3,(H,11,12)/t2?,3-,4?,5?,6?/m0/s1. The zero-order chi connectivity index (χ0) is 10.2. The van der Waals surface area contributed by atoms with E-state index in [2.05, 4.69) is 0 Å². The van der Waals surface area contributed by atoms with E-state index >= 15 is 0 Å². The Morgan fingerprint density at radius 2 is 1.69 bits per heavy atom. The van der Waals surface area contributed by atoms with Crippen molar-refractivity contribution in [3.8, 4) is 0 Å². The van der Waals surface area contributed by atoms with Gasteiger partial charge in [0, 0.05) is 0 Å². The van der Waals surface area contributed by atoms with Crippen LogP contribution in [0.2, 0.25) is 0 Å². The molecule has 76 valence electrons. The summed E-state index contributed by atoms with van der Waals surface area (Å²) in [5, 5.41) is 36.1. The third-order valence-corrected chi connectivity index (χ3v) is 2.10. The topological polar surface area (TPSA) is 107 Å². The first-order chi connectivity index (χ1) is 5.95. The van der Waals surface area contributed by atoms with Crippen molar-refractivity contribution in [3.05, 3.63) is 0 Å². The Bertz CT molecular complexity index is 205. The van der Waals surface area contributed by atoms with Crippen LogP contribution in [0.1, 0.15) is 6.92 Å². The number of carbonyl (C=O) groups is 1. The molecule has 0 bridgehead atoms. The summed E-state index contributed by atoms with van der Waals surface area (Å²) in [5.74, 6) is -1.36. The largest absolute Gasteiger partial charge is 0.479 e. The van der Waals surface area contributed by atoms with Gasteiger partial charge in [0.1, 0.15) is 18.3 Å². The average Bonchev–Trinajstić information content (AvgIpc) is 2.07. The van der Waals surface area contributed by atoms with Crippen molar-refractivity contribution in [1.82, 2.24) is 0 Å². The number of ether oxygens (including phenoxy) is 1. The lowest BCUT2D eigenvalue weighted by Crippen LogP contribution is -2.58. The fraction of sp³-hybridized carbons (Fsp3) is 0.857. The molecule has 0 spiro atoms. The predicted octanol–water partition coefficient (Wildman–Crippen LogP) is -2.06. The molecule has 0 aromatic carbocycles. The van der Waals surface area contributed by atoms with Crippen molar-refractivity contribution < 1.29 is 30.0 Å². The maximum atomic E-state index is 10.5. The Morgan fingerprint density at radius 3 is 2.15 bits per heavy atom. The van der Waals surface area contributed by atoms with Gasteiger partial charge in [0.15, 0.2) is 6.10 Å². The van der Waals surface area contributed by atoms with E-state index in [1.165, 1.54) is 6.92 Å². The van der Waals surface area contributed by atoms with Crippen molar-refractivity contribution >= 4 is 5.97 Å². The van der Waals surface area contributed by atoms with Crippen LogP contribution in [0.15, 0.2) is 0 Å². The third kappa shape index (κ3) is 1.80. The van der Waals surface area contributed by atoms with E-state index < -0.39 is 36.5 Å². The van der Waals surface area contributed by atoms with E-state index in [0.717, 1.165) is 0 Å². The number of aliphatic carboxylic acids is 1. The van der Waals surface area contributed by atoms with Crippen LogP contribution in [0.25, 0.3) is 0 Å². The summed E-state index contributed by atoms with van der Waals surface area (Å²) in [5.41, 5.74) is 0. The first-order valence-electron chi connectivity index (χ1n) is 3.87. The molecule has 1 fully saturated rings. The van der Waals surface area contributed by atoms with Crippen LogP contribution in [0, 0.1) is 0 Å². The van der Waals surface area contributed by atoms with Crippen molar-refractivity contribution in [2.45, 2.75) is 37.4 Å². The van der Waals surface area contributed by atoms with E-state index in [1.54, 1.807) is 0 Å². The van der Waals surface area contributed by atoms with Gasteiger partial charge in [-0.25, -0.2) is 4.79 Å². The van der Waals surface area contributed by atoms with Gasteiger partial charge in [0.05, 0.1) is 6.10 Å². The van der Waals surface area contributed by atoms with Crippen LogP contribution in [0.4, 0.5) is 0 Å². The molecule has 4 N–H and O–H groups in total. The van der Waals surface area contributed by atoms with Crippen LogP contribution in [0.3, 0.4) is 0 Å². The number of carboxylic acids is 1. The van der Waals surface area contributed by atoms with E-state index in [4.69, 9.17) is 9.84 Å². The molecule has 0 radical (unpaired) electrons. The molecule has 1 aliphatic heterocycles. The Hall–Kier alpha value is -0.690. The van der Waals surface area contributed by atoms with E-state index in [0.29, 0.717) is 0 Å². The molecule has 0 saturated carbocycles. The number of rotatable bonds is 1. The molecule has 0 aliphatic carbocycles.